The van der Waals surface area contributed by atoms with Crippen molar-refractivity contribution in [3.05, 3.63) is 65.6 Å². The minimum atomic E-state index is -0.551. The second-order valence-electron chi connectivity index (χ2n) is 7.61. The van der Waals surface area contributed by atoms with Crippen LogP contribution in [0.25, 0.3) is 11.0 Å². The van der Waals surface area contributed by atoms with Crippen LogP contribution in [0, 0.1) is 6.92 Å². The second-order valence-corrected chi connectivity index (χ2v) is 8.02. The molecular formula is C22H27ClN4O4. The monoisotopic (exact) mass is 446 g/mol. The summed E-state index contributed by atoms with van der Waals surface area (Å²) in [5, 5.41) is 1.24. The van der Waals surface area contributed by atoms with E-state index in [4.69, 9.17) is 21.8 Å². The Labute approximate surface area is 184 Å². The zero-order chi connectivity index (χ0) is 22.7. The number of nitrogens with one attached hydrogen (secondary N) is 1. The van der Waals surface area contributed by atoms with E-state index in [0.29, 0.717) is 34.6 Å². The van der Waals surface area contributed by atoms with Crippen molar-refractivity contribution < 1.29 is 4.42 Å². The molecule has 0 amide bonds. The molecule has 8 nitrogen and oxygen atoms in total. The second kappa shape index (κ2) is 9.43. The molecule has 0 aliphatic rings. The summed E-state index contributed by atoms with van der Waals surface area (Å²) in [5.74, 6) is 0.122. The molecule has 0 saturated carbocycles. The van der Waals surface area contributed by atoms with Crippen LogP contribution in [0.2, 0.25) is 5.02 Å². The Kier molecular flexibility index (Phi) is 6.90. The third-order valence-electron chi connectivity index (χ3n) is 5.23. The lowest BCUT2D eigenvalue weighted by Gasteiger charge is -2.26. The van der Waals surface area contributed by atoms with Gasteiger partial charge in [-0.1, -0.05) is 31.9 Å². The first-order valence-electron chi connectivity index (χ1n) is 10.4. The molecule has 9 heteroatoms. The molecule has 0 spiro atoms. The molecule has 3 aromatic rings. The van der Waals surface area contributed by atoms with Crippen LogP contribution in [0.5, 0.6) is 0 Å². The number of aromatic amines is 1. The van der Waals surface area contributed by atoms with Crippen LogP contribution in [0.15, 0.2) is 37.0 Å². The third kappa shape index (κ3) is 4.69. The number of rotatable bonds is 8. The fraction of sp³-hybridized carbons (Fsp3) is 0.409. The van der Waals surface area contributed by atoms with Gasteiger partial charge >= 0.3 is 11.3 Å². The molecular weight excluding hydrogens is 420 g/mol. The summed E-state index contributed by atoms with van der Waals surface area (Å²) < 4.78 is 6.73. The van der Waals surface area contributed by atoms with Crippen molar-refractivity contribution in [1.29, 1.82) is 0 Å². The third-order valence-corrected chi connectivity index (χ3v) is 5.64. The number of nitrogens with zero attached hydrogens (tertiary/aromatic N) is 2. The molecule has 0 bridgehead atoms. The minimum Gasteiger partial charge on any atom is -0.423 e. The lowest BCUT2D eigenvalue weighted by atomic mass is 10.1. The molecule has 0 atom stereocenters. The van der Waals surface area contributed by atoms with Gasteiger partial charge in [0.1, 0.15) is 17.1 Å². The Morgan fingerprint density at radius 3 is 2.58 bits per heavy atom. The summed E-state index contributed by atoms with van der Waals surface area (Å²) in [7, 11) is 0. The highest BCUT2D eigenvalue weighted by Gasteiger charge is 2.20. The number of nitrogens with two attached hydrogens (primary N) is 1. The maximum absolute atomic E-state index is 12.7. The van der Waals surface area contributed by atoms with E-state index in [1.807, 2.05) is 20.8 Å². The van der Waals surface area contributed by atoms with Gasteiger partial charge in [0.15, 0.2) is 0 Å². The zero-order valence-electron chi connectivity index (χ0n) is 18.0. The molecule has 0 radical (unpaired) electrons. The molecule has 0 aliphatic carbocycles. The van der Waals surface area contributed by atoms with Crippen molar-refractivity contribution >= 4 is 34.1 Å². The quantitative estimate of drug-likeness (QED) is 0.512. The zero-order valence-corrected chi connectivity index (χ0v) is 18.7. The summed E-state index contributed by atoms with van der Waals surface area (Å²) in [6.45, 7) is 6.96. The van der Waals surface area contributed by atoms with E-state index >= 15 is 0 Å². The summed E-state index contributed by atoms with van der Waals surface area (Å²) in [6.07, 6.45) is 2.36. The molecule has 1 aromatic carbocycles. The average Bonchev–Trinajstić information content (AvgIpc) is 2.69. The van der Waals surface area contributed by atoms with E-state index in [-0.39, 0.29) is 18.1 Å². The molecule has 2 heterocycles. The molecule has 2 aromatic heterocycles. The average molecular weight is 447 g/mol. The van der Waals surface area contributed by atoms with Crippen LogP contribution in [-0.2, 0) is 13.1 Å². The highest BCUT2D eigenvalue weighted by atomic mass is 35.5. The highest BCUT2D eigenvalue weighted by Crippen LogP contribution is 2.27. The predicted molar refractivity (Wildman–Crippen MR) is 124 cm³/mol. The molecule has 31 heavy (non-hydrogen) atoms. The van der Waals surface area contributed by atoms with Gasteiger partial charge in [-0.15, -0.1) is 0 Å². The largest absolute Gasteiger partial charge is 0.423 e. The first kappa shape index (κ1) is 22.7. The summed E-state index contributed by atoms with van der Waals surface area (Å²) in [6, 6.07) is 4.87. The van der Waals surface area contributed by atoms with E-state index in [9.17, 15) is 14.4 Å². The standard InChI is InChI=1S/C22H27ClN4O4/c1-4-6-8-27-20(24)19(21(29)25-22(27)30)26(7-5-2)12-14-10-18(28)31-17-9-13(3)16(23)11-15(14)17/h9-11H,4-8,12,24H2,1-3H3,(H,25,29,30). The van der Waals surface area contributed by atoms with Crippen LogP contribution in [0.3, 0.4) is 0 Å². The molecule has 0 fully saturated rings. The number of hydrogen-bond donors (Lipinski definition) is 2. The number of nitrogen functional groups attached to an aromatic ring is 1. The number of aryl methyl sites for hydroxylation is 1. The van der Waals surface area contributed by atoms with Gasteiger partial charge < -0.3 is 15.1 Å². The number of anilines is 2. The summed E-state index contributed by atoms with van der Waals surface area (Å²) in [4.78, 5) is 41.4. The van der Waals surface area contributed by atoms with Gasteiger partial charge in [-0.05, 0) is 43.0 Å². The Hall–Kier alpha value is -3.00. The molecule has 3 rings (SSSR count). The van der Waals surface area contributed by atoms with Crippen LogP contribution in [0.1, 0.15) is 44.2 Å². The lowest BCUT2D eigenvalue weighted by Crippen LogP contribution is -2.38. The maximum Gasteiger partial charge on any atom is 0.336 e. The van der Waals surface area contributed by atoms with E-state index in [2.05, 4.69) is 4.98 Å². The van der Waals surface area contributed by atoms with Crippen molar-refractivity contribution in [3.63, 3.8) is 0 Å². The van der Waals surface area contributed by atoms with Gasteiger partial charge in [0.2, 0.25) is 0 Å². The van der Waals surface area contributed by atoms with Crippen LogP contribution in [-0.4, -0.2) is 16.1 Å². The number of aromatic nitrogens is 2. The Morgan fingerprint density at radius 1 is 1.16 bits per heavy atom. The normalized spacial score (nSPS) is 11.2. The van der Waals surface area contributed by atoms with Gasteiger partial charge in [0.05, 0.1) is 0 Å². The predicted octanol–water partition coefficient (Wildman–Crippen LogP) is 3.40. The summed E-state index contributed by atoms with van der Waals surface area (Å²) >= 11 is 6.30. The van der Waals surface area contributed by atoms with E-state index in [1.54, 1.807) is 17.0 Å². The number of H-pyrrole nitrogens is 1. The van der Waals surface area contributed by atoms with Crippen LogP contribution in [0.4, 0.5) is 11.5 Å². The Morgan fingerprint density at radius 2 is 1.90 bits per heavy atom. The van der Waals surface area contributed by atoms with Crippen LogP contribution >= 0.6 is 11.6 Å². The van der Waals surface area contributed by atoms with E-state index in [1.165, 1.54) is 10.6 Å². The molecule has 0 aliphatic heterocycles. The van der Waals surface area contributed by atoms with E-state index < -0.39 is 16.9 Å². The van der Waals surface area contributed by atoms with Crippen molar-refractivity contribution in [2.75, 3.05) is 17.2 Å². The smallest absolute Gasteiger partial charge is 0.336 e. The van der Waals surface area contributed by atoms with Gasteiger partial charge in [0, 0.05) is 36.1 Å². The highest BCUT2D eigenvalue weighted by molar-refractivity contribution is 6.32. The Balaban J connectivity index is 2.15. The molecule has 0 saturated heterocycles. The SMILES string of the molecule is CCCCn1c(N)c(N(CCC)Cc2cc(=O)oc3cc(C)c(Cl)cc23)c(=O)[nH]c1=O. The number of fused-ring (bicyclic) bond motifs is 1. The van der Waals surface area contributed by atoms with Gasteiger partial charge in [-0.3, -0.25) is 14.3 Å². The van der Waals surface area contributed by atoms with Gasteiger partial charge in [-0.25, -0.2) is 9.59 Å². The van der Waals surface area contributed by atoms with Crippen molar-refractivity contribution in [1.82, 2.24) is 9.55 Å². The fourth-order valence-corrected chi connectivity index (χ4v) is 3.81. The summed E-state index contributed by atoms with van der Waals surface area (Å²) in [5.41, 5.74) is 6.83. The van der Waals surface area contributed by atoms with Crippen LogP contribution < -0.4 is 27.5 Å². The topological polar surface area (TPSA) is 114 Å². The molecule has 3 N–H and O–H groups in total. The van der Waals surface area contributed by atoms with Gasteiger partial charge in [-0.2, -0.15) is 0 Å². The molecule has 0 unspecified atom stereocenters. The lowest BCUT2D eigenvalue weighted by molar-refractivity contribution is 0.558. The number of benzene rings is 1. The molecule has 166 valence electrons. The maximum atomic E-state index is 12.7. The van der Waals surface area contributed by atoms with Crippen molar-refractivity contribution in [2.45, 2.75) is 53.1 Å². The minimum absolute atomic E-state index is 0.122. The number of hydrogen-bond acceptors (Lipinski definition) is 6. The first-order valence-corrected chi connectivity index (χ1v) is 10.7. The van der Waals surface area contributed by atoms with Crippen molar-refractivity contribution in [2.24, 2.45) is 0 Å². The fourth-order valence-electron chi connectivity index (χ4n) is 3.65. The Bertz CT molecular complexity index is 1280. The number of unbranched alkanes of at least 4 members (excludes halogenated alkanes) is 1. The van der Waals surface area contributed by atoms with Crippen molar-refractivity contribution in [3.8, 4) is 0 Å². The number of halogens is 1. The van der Waals surface area contributed by atoms with Gasteiger partial charge in [0.25, 0.3) is 5.56 Å². The first-order chi connectivity index (χ1) is 14.8. The van der Waals surface area contributed by atoms with E-state index in [0.717, 1.165) is 24.8 Å².